The van der Waals surface area contributed by atoms with Gasteiger partial charge in [0.25, 0.3) is 0 Å². The van der Waals surface area contributed by atoms with E-state index in [0.29, 0.717) is 12.8 Å². The van der Waals surface area contributed by atoms with Gasteiger partial charge in [-0.2, -0.15) is 13.2 Å². The fourth-order valence-corrected chi connectivity index (χ4v) is 2.05. The van der Waals surface area contributed by atoms with Crippen molar-refractivity contribution in [2.75, 3.05) is 6.54 Å². The van der Waals surface area contributed by atoms with Crippen LogP contribution in [0.2, 0.25) is 0 Å². The van der Waals surface area contributed by atoms with E-state index in [4.69, 9.17) is 0 Å². The molecule has 0 saturated heterocycles. The Balaban J connectivity index is 2.82. The van der Waals surface area contributed by atoms with Gasteiger partial charge in [0.05, 0.1) is 0 Å². The average Bonchev–Trinajstić information content (AvgIpc) is 2.13. The number of alkyl halides is 3. The highest BCUT2D eigenvalue weighted by molar-refractivity contribution is 5.82. The van der Waals surface area contributed by atoms with Gasteiger partial charge in [0.15, 0.2) is 0 Å². The molecule has 0 heterocycles. The number of nitrogens with zero attached hydrogens (tertiary/aromatic N) is 1. The first-order valence-electron chi connectivity index (χ1n) is 5.03. The maximum atomic E-state index is 12.6. The van der Waals surface area contributed by atoms with Crippen LogP contribution < -0.4 is 0 Å². The topological polar surface area (TPSA) is 60.2 Å². The van der Waals surface area contributed by atoms with E-state index in [2.05, 4.69) is 0 Å². The SMILES string of the molecule is O=C1CCCC[C@H]1[C@H](C[N+](=O)[O-])C(F)(F)F. The van der Waals surface area contributed by atoms with Gasteiger partial charge in [0.1, 0.15) is 11.7 Å². The molecule has 0 unspecified atom stereocenters. The first kappa shape index (κ1) is 12.9. The second kappa shape index (κ2) is 4.80. The molecular formula is C9H12F3NO3. The van der Waals surface area contributed by atoms with Crippen molar-refractivity contribution in [1.82, 2.24) is 0 Å². The summed E-state index contributed by atoms with van der Waals surface area (Å²) < 4.78 is 37.7. The molecule has 0 N–H and O–H groups in total. The van der Waals surface area contributed by atoms with E-state index < -0.39 is 35.3 Å². The van der Waals surface area contributed by atoms with E-state index in [0.717, 1.165) is 0 Å². The van der Waals surface area contributed by atoms with E-state index in [1.54, 1.807) is 0 Å². The molecule has 1 aliphatic carbocycles. The number of ketones is 1. The summed E-state index contributed by atoms with van der Waals surface area (Å²) in [4.78, 5) is 20.5. The molecule has 0 aromatic rings. The van der Waals surface area contributed by atoms with Gasteiger partial charge in [-0.15, -0.1) is 0 Å². The summed E-state index contributed by atoms with van der Waals surface area (Å²) in [5.41, 5.74) is 0. The lowest BCUT2D eigenvalue weighted by molar-refractivity contribution is -0.499. The van der Waals surface area contributed by atoms with Crippen LogP contribution >= 0.6 is 0 Å². The van der Waals surface area contributed by atoms with Crippen LogP contribution in [0.5, 0.6) is 0 Å². The Morgan fingerprint density at radius 3 is 2.50 bits per heavy atom. The molecular weight excluding hydrogens is 227 g/mol. The average molecular weight is 239 g/mol. The third-order valence-electron chi connectivity index (χ3n) is 2.85. The third-order valence-corrected chi connectivity index (χ3v) is 2.85. The van der Waals surface area contributed by atoms with Gasteiger partial charge in [0, 0.05) is 17.3 Å². The van der Waals surface area contributed by atoms with Gasteiger partial charge >= 0.3 is 6.18 Å². The minimum atomic E-state index is -4.68. The van der Waals surface area contributed by atoms with E-state index >= 15 is 0 Å². The molecule has 2 atom stereocenters. The first-order chi connectivity index (χ1) is 7.32. The second-order valence-electron chi connectivity index (χ2n) is 3.98. The number of nitro groups is 1. The summed E-state index contributed by atoms with van der Waals surface area (Å²) in [5.74, 6) is -3.84. The minimum absolute atomic E-state index is 0.106. The monoisotopic (exact) mass is 239 g/mol. The molecule has 92 valence electrons. The Morgan fingerprint density at radius 2 is 2.06 bits per heavy atom. The fourth-order valence-electron chi connectivity index (χ4n) is 2.05. The highest BCUT2D eigenvalue weighted by Gasteiger charge is 2.50. The largest absolute Gasteiger partial charge is 0.398 e. The number of hydrogen-bond acceptors (Lipinski definition) is 3. The molecule has 0 radical (unpaired) electrons. The first-order valence-corrected chi connectivity index (χ1v) is 5.03. The molecule has 0 aromatic carbocycles. The van der Waals surface area contributed by atoms with Crippen molar-refractivity contribution in [2.45, 2.75) is 31.9 Å². The van der Waals surface area contributed by atoms with Gasteiger partial charge < -0.3 is 0 Å². The van der Waals surface area contributed by atoms with Crippen molar-refractivity contribution in [3.63, 3.8) is 0 Å². The van der Waals surface area contributed by atoms with Crippen LogP contribution in [0, 0.1) is 22.0 Å². The number of carbonyl (C=O) groups is 1. The van der Waals surface area contributed by atoms with E-state index in [1.807, 2.05) is 0 Å². The number of Topliss-reactive ketones (excluding diaryl/α,β-unsaturated/α-hetero) is 1. The summed E-state index contributed by atoms with van der Waals surface area (Å²) in [6.07, 6.45) is -3.35. The van der Waals surface area contributed by atoms with Crippen molar-refractivity contribution < 1.29 is 22.9 Å². The second-order valence-corrected chi connectivity index (χ2v) is 3.98. The molecule has 1 rings (SSSR count). The van der Waals surface area contributed by atoms with Gasteiger partial charge in [-0.3, -0.25) is 14.9 Å². The van der Waals surface area contributed by atoms with Crippen LogP contribution in [0.3, 0.4) is 0 Å². The van der Waals surface area contributed by atoms with Crippen LogP contribution in [-0.4, -0.2) is 23.4 Å². The van der Waals surface area contributed by atoms with Gasteiger partial charge in [0.2, 0.25) is 6.54 Å². The van der Waals surface area contributed by atoms with Crippen LogP contribution in [0.4, 0.5) is 13.2 Å². The van der Waals surface area contributed by atoms with Crippen LogP contribution in [0.25, 0.3) is 0 Å². The highest BCUT2D eigenvalue weighted by Crippen LogP contribution is 2.37. The lowest BCUT2D eigenvalue weighted by Gasteiger charge is -2.27. The van der Waals surface area contributed by atoms with Crippen molar-refractivity contribution in [1.29, 1.82) is 0 Å². The standard InChI is InChI=1S/C9H12F3NO3/c10-9(11,12)7(5-13(15)16)6-3-1-2-4-8(6)14/h6-7H,1-5H2/t6-,7-/m0/s1. The lowest BCUT2D eigenvalue weighted by atomic mass is 9.78. The summed E-state index contributed by atoms with van der Waals surface area (Å²) in [6.45, 7) is -1.21. The maximum absolute atomic E-state index is 12.6. The summed E-state index contributed by atoms with van der Waals surface area (Å²) in [7, 11) is 0. The highest BCUT2D eigenvalue weighted by atomic mass is 19.4. The van der Waals surface area contributed by atoms with Crippen LogP contribution in [0.1, 0.15) is 25.7 Å². The third kappa shape index (κ3) is 3.18. The Kier molecular flexibility index (Phi) is 3.88. The molecule has 16 heavy (non-hydrogen) atoms. The van der Waals surface area contributed by atoms with Crippen molar-refractivity contribution in [2.24, 2.45) is 11.8 Å². The predicted molar refractivity (Wildman–Crippen MR) is 48.4 cm³/mol. The quantitative estimate of drug-likeness (QED) is 0.560. The maximum Gasteiger partial charge on any atom is 0.398 e. The normalized spacial score (nSPS) is 24.2. The van der Waals surface area contributed by atoms with Gasteiger partial charge in [-0.05, 0) is 12.8 Å². The molecule has 0 amide bonds. The number of rotatable bonds is 3. The molecule has 0 spiro atoms. The molecule has 0 aromatic heterocycles. The van der Waals surface area contributed by atoms with Crippen molar-refractivity contribution in [3.8, 4) is 0 Å². The molecule has 7 heteroatoms. The van der Waals surface area contributed by atoms with E-state index in [-0.39, 0.29) is 12.8 Å². The van der Waals surface area contributed by atoms with E-state index in [9.17, 15) is 28.1 Å². The zero-order valence-corrected chi connectivity index (χ0v) is 8.50. The summed E-state index contributed by atoms with van der Waals surface area (Å²) in [5, 5.41) is 10.2. The number of carbonyl (C=O) groups excluding carboxylic acids is 1. The Morgan fingerprint density at radius 1 is 1.44 bits per heavy atom. The van der Waals surface area contributed by atoms with Crippen LogP contribution in [-0.2, 0) is 4.79 Å². The van der Waals surface area contributed by atoms with Crippen LogP contribution in [0.15, 0.2) is 0 Å². The fraction of sp³-hybridized carbons (Fsp3) is 0.889. The summed E-state index contributed by atoms with van der Waals surface area (Å²) >= 11 is 0. The molecule has 4 nitrogen and oxygen atoms in total. The van der Waals surface area contributed by atoms with Gasteiger partial charge in [-0.25, -0.2) is 0 Å². The zero-order valence-electron chi connectivity index (χ0n) is 8.50. The number of hydrogen-bond donors (Lipinski definition) is 0. The molecule has 0 bridgehead atoms. The minimum Gasteiger partial charge on any atom is -0.299 e. The Hall–Kier alpha value is -1.14. The van der Waals surface area contributed by atoms with Crippen molar-refractivity contribution >= 4 is 5.78 Å². The Bertz CT molecular complexity index is 290. The van der Waals surface area contributed by atoms with Crippen molar-refractivity contribution in [3.05, 3.63) is 10.1 Å². The molecule has 0 aliphatic heterocycles. The summed E-state index contributed by atoms with van der Waals surface area (Å²) in [6, 6.07) is 0. The predicted octanol–water partition coefficient (Wildman–Crippen LogP) is 2.20. The smallest absolute Gasteiger partial charge is 0.299 e. The molecule has 1 fully saturated rings. The zero-order chi connectivity index (χ0) is 12.3. The lowest BCUT2D eigenvalue weighted by Crippen LogP contribution is -2.40. The number of halogens is 3. The molecule has 1 saturated carbocycles. The van der Waals surface area contributed by atoms with Gasteiger partial charge in [-0.1, -0.05) is 6.42 Å². The molecule has 1 aliphatic rings. The van der Waals surface area contributed by atoms with E-state index in [1.165, 1.54) is 0 Å². The Labute approximate surface area is 90.0 Å².